The second kappa shape index (κ2) is 4.44. The Labute approximate surface area is 104 Å². The zero-order chi connectivity index (χ0) is 12.4. The monoisotopic (exact) mass is 239 g/mol. The normalized spacial score (nSPS) is 10.7. The van der Waals surface area contributed by atoms with E-state index >= 15 is 0 Å². The van der Waals surface area contributed by atoms with Crippen molar-refractivity contribution < 1.29 is 0 Å². The summed E-state index contributed by atoms with van der Waals surface area (Å²) in [6, 6.07) is 8.03. The summed E-state index contributed by atoms with van der Waals surface area (Å²) < 4.78 is 1.79. The third kappa shape index (κ3) is 1.79. The molecule has 0 aliphatic carbocycles. The third-order valence-electron chi connectivity index (χ3n) is 2.67. The minimum atomic E-state index is 0.717. The number of anilines is 1. The highest BCUT2D eigenvalue weighted by Gasteiger charge is 2.06. The Hall–Kier alpha value is -2.43. The molecule has 2 aromatic heterocycles. The van der Waals surface area contributed by atoms with Gasteiger partial charge in [0.05, 0.1) is 24.1 Å². The van der Waals surface area contributed by atoms with E-state index in [4.69, 9.17) is 0 Å². The van der Waals surface area contributed by atoms with E-state index in [0.29, 0.717) is 0 Å². The van der Waals surface area contributed by atoms with Gasteiger partial charge >= 0.3 is 0 Å². The molecule has 0 unspecified atom stereocenters. The Bertz CT molecular complexity index is 674. The van der Waals surface area contributed by atoms with Crippen molar-refractivity contribution >= 4 is 16.7 Å². The number of aromatic nitrogens is 4. The third-order valence-corrected chi connectivity index (χ3v) is 2.67. The lowest BCUT2D eigenvalue weighted by molar-refractivity contribution is 0.864. The first kappa shape index (κ1) is 10.7. The summed E-state index contributed by atoms with van der Waals surface area (Å²) in [5.41, 5.74) is 1.03. The van der Waals surface area contributed by atoms with Gasteiger partial charge in [0.15, 0.2) is 5.82 Å². The van der Waals surface area contributed by atoms with Crippen LogP contribution in [0.25, 0.3) is 16.7 Å². The summed E-state index contributed by atoms with van der Waals surface area (Å²) in [5.74, 6) is 1.48. The molecule has 0 amide bonds. The van der Waals surface area contributed by atoms with Crippen LogP contribution in [-0.2, 0) is 0 Å². The van der Waals surface area contributed by atoms with E-state index in [1.807, 2.05) is 37.4 Å². The van der Waals surface area contributed by atoms with Crippen LogP contribution in [0.4, 0.5) is 5.82 Å². The second-order valence-electron chi connectivity index (χ2n) is 3.91. The van der Waals surface area contributed by atoms with Gasteiger partial charge in [-0.15, -0.1) is 0 Å². The van der Waals surface area contributed by atoms with E-state index in [9.17, 15) is 0 Å². The Kier molecular flexibility index (Phi) is 2.64. The van der Waals surface area contributed by atoms with Gasteiger partial charge in [0.1, 0.15) is 5.82 Å². The molecule has 5 nitrogen and oxygen atoms in total. The number of rotatable bonds is 3. The van der Waals surface area contributed by atoms with Gasteiger partial charge in [0, 0.05) is 11.9 Å². The zero-order valence-corrected chi connectivity index (χ0v) is 10.0. The van der Waals surface area contributed by atoms with Gasteiger partial charge in [-0.1, -0.05) is 18.2 Å². The summed E-state index contributed by atoms with van der Waals surface area (Å²) in [7, 11) is 0. The molecule has 0 bridgehead atoms. The maximum atomic E-state index is 4.48. The van der Waals surface area contributed by atoms with E-state index in [-0.39, 0.29) is 0 Å². The highest BCUT2D eigenvalue weighted by atomic mass is 15.3. The standard InChI is InChI=1S/C13H13N5/c1-2-15-12-8-14-9-13(17-12)18-11-6-4-3-5-10(11)7-16-18/h3-9H,2H2,1H3,(H,15,17). The van der Waals surface area contributed by atoms with Crippen molar-refractivity contribution in [2.24, 2.45) is 0 Å². The number of nitrogens with one attached hydrogen (secondary N) is 1. The van der Waals surface area contributed by atoms with Gasteiger partial charge < -0.3 is 5.32 Å². The minimum absolute atomic E-state index is 0.717. The Morgan fingerprint density at radius 1 is 1.17 bits per heavy atom. The topological polar surface area (TPSA) is 55.6 Å². The van der Waals surface area contributed by atoms with E-state index in [0.717, 1.165) is 29.1 Å². The van der Waals surface area contributed by atoms with Crippen LogP contribution >= 0.6 is 0 Å². The summed E-state index contributed by atoms with van der Waals surface area (Å²) in [6.45, 7) is 2.84. The number of nitrogens with zero attached hydrogens (tertiary/aromatic N) is 4. The van der Waals surface area contributed by atoms with Crippen LogP contribution in [0, 0.1) is 0 Å². The molecule has 3 aromatic rings. The summed E-state index contributed by atoms with van der Waals surface area (Å²) in [4.78, 5) is 8.66. The maximum Gasteiger partial charge on any atom is 0.174 e. The van der Waals surface area contributed by atoms with Gasteiger partial charge in [0.25, 0.3) is 0 Å². The molecular weight excluding hydrogens is 226 g/mol. The summed E-state index contributed by atoms with van der Waals surface area (Å²) in [5, 5.41) is 8.59. The van der Waals surface area contributed by atoms with Crippen LogP contribution in [0.5, 0.6) is 0 Å². The number of para-hydroxylation sites is 1. The lowest BCUT2D eigenvalue weighted by Crippen LogP contribution is -2.05. The highest BCUT2D eigenvalue weighted by molar-refractivity contribution is 5.79. The molecule has 0 radical (unpaired) electrons. The molecule has 5 heteroatoms. The molecule has 0 saturated carbocycles. The summed E-state index contributed by atoms with van der Waals surface area (Å²) in [6.07, 6.45) is 5.25. The van der Waals surface area contributed by atoms with Crippen molar-refractivity contribution in [3.05, 3.63) is 42.9 Å². The fourth-order valence-corrected chi connectivity index (χ4v) is 1.88. The van der Waals surface area contributed by atoms with Crippen molar-refractivity contribution in [3.8, 4) is 5.82 Å². The minimum Gasteiger partial charge on any atom is -0.369 e. The van der Waals surface area contributed by atoms with E-state index < -0.39 is 0 Å². The molecule has 0 aliphatic rings. The van der Waals surface area contributed by atoms with Crippen molar-refractivity contribution in [2.75, 3.05) is 11.9 Å². The molecule has 0 fully saturated rings. The smallest absolute Gasteiger partial charge is 0.174 e. The molecule has 0 atom stereocenters. The lowest BCUT2D eigenvalue weighted by Gasteiger charge is -2.05. The first-order chi connectivity index (χ1) is 8.88. The number of fused-ring (bicyclic) bond motifs is 1. The molecule has 0 spiro atoms. The molecule has 90 valence electrons. The Morgan fingerprint density at radius 3 is 2.94 bits per heavy atom. The number of benzene rings is 1. The van der Waals surface area contributed by atoms with Gasteiger partial charge in [0.2, 0.25) is 0 Å². The second-order valence-corrected chi connectivity index (χ2v) is 3.91. The van der Waals surface area contributed by atoms with Gasteiger partial charge in [-0.2, -0.15) is 5.10 Å². The van der Waals surface area contributed by atoms with Crippen LogP contribution in [-0.4, -0.2) is 26.3 Å². The van der Waals surface area contributed by atoms with Gasteiger partial charge in [-0.3, -0.25) is 4.98 Å². The average molecular weight is 239 g/mol. The van der Waals surface area contributed by atoms with Crippen molar-refractivity contribution in [1.82, 2.24) is 19.7 Å². The SMILES string of the molecule is CCNc1cncc(-n2ncc3ccccc32)n1. The average Bonchev–Trinajstić information content (AvgIpc) is 2.83. The van der Waals surface area contributed by atoms with Crippen molar-refractivity contribution in [3.63, 3.8) is 0 Å². The first-order valence-corrected chi connectivity index (χ1v) is 5.87. The fraction of sp³-hybridized carbons (Fsp3) is 0.154. The van der Waals surface area contributed by atoms with Crippen molar-refractivity contribution in [1.29, 1.82) is 0 Å². The number of hydrogen-bond acceptors (Lipinski definition) is 4. The van der Waals surface area contributed by atoms with Gasteiger partial charge in [-0.25, -0.2) is 9.67 Å². The maximum absolute atomic E-state index is 4.48. The summed E-state index contributed by atoms with van der Waals surface area (Å²) >= 11 is 0. The van der Waals surface area contributed by atoms with Crippen molar-refractivity contribution in [2.45, 2.75) is 6.92 Å². The molecule has 0 aliphatic heterocycles. The molecule has 0 saturated heterocycles. The van der Waals surface area contributed by atoms with E-state index in [2.05, 4.69) is 20.4 Å². The molecule has 1 aromatic carbocycles. The molecule has 3 rings (SSSR count). The molecule has 1 N–H and O–H groups in total. The van der Waals surface area contributed by atoms with Crippen LogP contribution in [0.3, 0.4) is 0 Å². The fourth-order valence-electron chi connectivity index (χ4n) is 1.88. The predicted octanol–water partition coefficient (Wildman–Crippen LogP) is 2.25. The number of hydrogen-bond donors (Lipinski definition) is 1. The van der Waals surface area contributed by atoms with Crippen LogP contribution < -0.4 is 5.32 Å². The Morgan fingerprint density at radius 2 is 2.06 bits per heavy atom. The van der Waals surface area contributed by atoms with Crippen LogP contribution in [0.15, 0.2) is 42.9 Å². The van der Waals surface area contributed by atoms with Crippen LogP contribution in [0.2, 0.25) is 0 Å². The quantitative estimate of drug-likeness (QED) is 0.761. The zero-order valence-electron chi connectivity index (χ0n) is 10.0. The van der Waals surface area contributed by atoms with E-state index in [1.54, 1.807) is 17.1 Å². The Balaban J connectivity index is 2.11. The van der Waals surface area contributed by atoms with Gasteiger partial charge in [-0.05, 0) is 13.0 Å². The highest BCUT2D eigenvalue weighted by Crippen LogP contribution is 2.16. The van der Waals surface area contributed by atoms with E-state index in [1.165, 1.54) is 0 Å². The largest absolute Gasteiger partial charge is 0.369 e. The first-order valence-electron chi connectivity index (χ1n) is 5.87. The van der Waals surface area contributed by atoms with Crippen LogP contribution in [0.1, 0.15) is 6.92 Å². The lowest BCUT2D eigenvalue weighted by atomic mass is 10.3. The predicted molar refractivity (Wildman–Crippen MR) is 70.8 cm³/mol. The molecule has 2 heterocycles. The molecular formula is C13H13N5. The molecule has 18 heavy (non-hydrogen) atoms.